The van der Waals surface area contributed by atoms with Crippen LogP contribution in [0.4, 0.5) is 10.1 Å². The van der Waals surface area contributed by atoms with Crippen molar-refractivity contribution >= 4 is 34.6 Å². The minimum atomic E-state index is -0.339. The summed E-state index contributed by atoms with van der Waals surface area (Å²) in [5.74, 6) is 0.365. The highest BCUT2D eigenvalue weighted by atomic mass is 35.5. The highest BCUT2D eigenvalue weighted by Gasteiger charge is 2.43. The summed E-state index contributed by atoms with van der Waals surface area (Å²) in [5, 5.41) is 4.45. The van der Waals surface area contributed by atoms with Crippen LogP contribution in [0.2, 0.25) is 5.02 Å². The summed E-state index contributed by atoms with van der Waals surface area (Å²) in [5.41, 5.74) is 5.03. The third-order valence-electron chi connectivity index (χ3n) is 6.38. The van der Waals surface area contributed by atoms with Gasteiger partial charge in [-0.2, -0.15) is 0 Å². The molecular formula is C27H24ClFN4OS. The molecule has 35 heavy (non-hydrogen) atoms. The zero-order chi connectivity index (χ0) is 24.7. The summed E-state index contributed by atoms with van der Waals surface area (Å²) in [6.07, 6.45) is 1.75. The Bertz CT molecular complexity index is 1410. The van der Waals surface area contributed by atoms with Gasteiger partial charge in [-0.1, -0.05) is 29.8 Å². The lowest BCUT2D eigenvalue weighted by atomic mass is 9.96. The van der Waals surface area contributed by atoms with E-state index in [4.69, 9.17) is 28.6 Å². The number of hydrogen-bond donors (Lipinski definition) is 1. The molecule has 178 valence electrons. The molecule has 1 saturated heterocycles. The molecular weight excluding hydrogens is 483 g/mol. The number of pyridine rings is 1. The smallest absolute Gasteiger partial charge is 0.174 e. The average Bonchev–Trinajstić information content (AvgIpc) is 3.35. The third-order valence-corrected chi connectivity index (χ3v) is 6.93. The van der Waals surface area contributed by atoms with Crippen molar-refractivity contribution in [3.63, 3.8) is 0 Å². The van der Waals surface area contributed by atoms with Crippen molar-refractivity contribution in [2.45, 2.75) is 25.9 Å². The molecule has 5 nitrogen and oxygen atoms in total. The Kier molecular flexibility index (Phi) is 6.21. The SMILES string of the molecule is COc1ccc(Cl)cc1-n1c(C)cc([C@@H]2[C@H](c3ccccn3)NC(=S)N2c2ccccc2F)c1C. The second-order valence-corrected chi connectivity index (χ2v) is 9.25. The number of para-hydroxylation sites is 1. The normalized spacial score (nSPS) is 17.5. The predicted molar refractivity (Wildman–Crippen MR) is 141 cm³/mol. The fourth-order valence-electron chi connectivity index (χ4n) is 4.87. The van der Waals surface area contributed by atoms with Gasteiger partial charge >= 0.3 is 0 Å². The van der Waals surface area contributed by atoms with Gasteiger partial charge in [0.05, 0.1) is 36.3 Å². The minimum Gasteiger partial charge on any atom is -0.495 e. The molecule has 2 aromatic carbocycles. The maximum atomic E-state index is 15.0. The molecule has 0 unspecified atom stereocenters. The number of methoxy groups -OCH3 is 1. The van der Waals surface area contributed by atoms with E-state index in [0.717, 1.165) is 28.3 Å². The van der Waals surface area contributed by atoms with Crippen LogP contribution in [0.15, 0.2) is 72.9 Å². The molecule has 5 rings (SSSR count). The van der Waals surface area contributed by atoms with Gasteiger partial charge in [0.15, 0.2) is 5.11 Å². The van der Waals surface area contributed by atoms with Gasteiger partial charge in [0, 0.05) is 22.6 Å². The summed E-state index contributed by atoms with van der Waals surface area (Å²) in [6, 6.07) is 19.5. The second-order valence-electron chi connectivity index (χ2n) is 8.43. The molecule has 3 heterocycles. The molecule has 0 spiro atoms. The predicted octanol–water partition coefficient (Wildman–Crippen LogP) is 6.47. The Balaban J connectivity index is 1.72. The molecule has 2 atom stereocenters. The maximum Gasteiger partial charge on any atom is 0.174 e. The van der Waals surface area contributed by atoms with Crippen LogP contribution in [0.25, 0.3) is 5.69 Å². The van der Waals surface area contributed by atoms with Crippen molar-refractivity contribution in [1.82, 2.24) is 14.9 Å². The van der Waals surface area contributed by atoms with Crippen molar-refractivity contribution in [3.05, 3.63) is 106 Å². The first-order chi connectivity index (χ1) is 16.9. The van der Waals surface area contributed by atoms with E-state index in [1.807, 2.05) is 55.1 Å². The maximum absolute atomic E-state index is 15.0. The van der Waals surface area contributed by atoms with Crippen molar-refractivity contribution in [1.29, 1.82) is 0 Å². The summed E-state index contributed by atoms with van der Waals surface area (Å²) >= 11 is 12.1. The van der Waals surface area contributed by atoms with Gasteiger partial charge in [-0.05, 0) is 80.2 Å². The van der Waals surface area contributed by atoms with Crippen molar-refractivity contribution in [2.24, 2.45) is 0 Å². The number of halogens is 2. The largest absolute Gasteiger partial charge is 0.495 e. The minimum absolute atomic E-state index is 0.279. The lowest BCUT2D eigenvalue weighted by Crippen LogP contribution is -2.30. The van der Waals surface area contributed by atoms with Gasteiger partial charge in [-0.3, -0.25) is 4.98 Å². The van der Waals surface area contributed by atoms with Gasteiger partial charge in [0.2, 0.25) is 0 Å². The zero-order valence-electron chi connectivity index (χ0n) is 19.5. The summed E-state index contributed by atoms with van der Waals surface area (Å²) in [6.45, 7) is 4.07. The number of aryl methyl sites for hydroxylation is 1. The molecule has 0 saturated carbocycles. The molecule has 1 aliphatic heterocycles. The molecule has 1 aliphatic rings. The first kappa shape index (κ1) is 23.3. The van der Waals surface area contributed by atoms with E-state index in [1.165, 1.54) is 6.07 Å². The lowest BCUT2D eigenvalue weighted by Gasteiger charge is -2.28. The van der Waals surface area contributed by atoms with Crippen LogP contribution in [0.5, 0.6) is 5.75 Å². The van der Waals surface area contributed by atoms with Gasteiger partial charge in [0.25, 0.3) is 0 Å². The van der Waals surface area contributed by atoms with Crippen LogP contribution in [-0.2, 0) is 0 Å². The molecule has 1 fully saturated rings. The van der Waals surface area contributed by atoms with E-state index in [0.29, 0.717) is 21.6 Å². The quantitative estimate of drug-likeness (QED) is 0.314. The number of thiocarbonyl (C=S) groups is 1. The van der Waals surface area contributed by atoms with Crippen LogP contribution < -0.4 is 15.0 Å². The van der Waals surface area contributed by atoms with E-state index in [1.54, 1.807) is 31.5 Å². The van der Waals surface area contributed by atoms with Crippen LogP contribution in [-0.4, -0.2) is 21.8 Å². The van der Waals surface area contributed by atoms with Crippen molar-refractivity contribution < 1.29 is 9.13 Å². The Morgan fingerprint density at radius 1 is 1.03 bits per heavy atom. The fourth-order valence-corrected chi connectivity index (χ4v) is 5.38. The first-order valence-electron chi connectivity index (χ1n) is 11.2. The van der Waals surface area contributed by atoms with Crippen LogP contribution in [0.1, 0.15) is 34.7 Å². The number of rotatable bonds is 5. The fraction of sp³-hybridized carbons (Fsp3) is 0.185. The molecule has 0 radical (unpaired) electrons. The van der Waals surface area contributed by atoms with E-state index in [2.05, 4.69) is 20.9 Å². The molecule has 2 aromatic heterocycles. The van der Waals surface area contributed by atoms with Crippen LogP contribution in [0.3, 0.4) is 0 Å². The van der Waals surface area contributed by atoms with E-state index in [9.17, 15) is 0 Å². The van der Waals surface area contributed by atoms with Crippen molar-refractivity contribution in [2.75, 3.05) is 12.0 Å². The molecule has 1 N–H and O–H groups in total. The zero-order valence-corrected chi connectivity index (χ0v) is 21.1. The Labute approximate surface area is 214 Å². The standard InChI is InChI=1S/C27H24ClFN4OS/c1-16-14-19(17(2)32(16)23-15-18(28)11-12-24(23)34-3)26-25(21-9-6-7-13-30-21)31-27(35)33(26)22-10-5-4-8-20(22)29/h4-15,25-26H,1-3H3,(H,31,35)/t25-,26+/m0/s1. The van der Waals surface area contributed by atoms with E-state index < -0.39 is 0 Å². The molecule has 8 heteroatoms. The second kappa shape index (κ2) is 9.32. The number of aromatic nitrogens is 2. The summed E-state index contributed by atoms with van der Waals surface area (Å²) < 4.78 is 22.8. The number of ether oxygens (including phenoxy) is 1. The number of anilines is 1. The highest BCUT2D eigenvalue weighted by Crippen LogP contribution is 2.44. The molecule has 4 aromatic rings. The van der Waals surface area contributed by atoms with E-state index >= 15 is 4.39 Å². The highest BCUT2D eigenvalue weighted by molar-refractivity contribution is 7.80. The molecule has 0 aliphatic carbocycles. The average molecular weight is 507 g/mol. The van der Waals surface area contributed by atoms with Gasteiger partial charge < -0.3 is 19.5 Å². The monoisotopic (exact) mass is 506 g/mol. The topological polar surface area (TPSA) is 42.3 Å². The van der Waals surface area contributed by atoms with Crippen LogP contribution in [0, 0.1) is 19.7 Å². The summed E-state index contributed by atoms with van der Waals surface area (Å²) in [4.78, 5) is 6.44. The Hall–Kier alpha value is -3.42. The van der Waals surface area contributed by atoms with Gasteiger partial charge in [0.1, 0.15) is 11.6 Å². The Morgan fingerprint density at radius 2 is 1.80 bits per heavy atom. The first-order valence-corrected chi connectivity index (χ1v) is 12.0. The molecule has 0 amide bonds. The van der Waals surface area contributed by atoms with Crippen molar-refractivity contribution in [3.8, 4) is 11.4 Å². The number of nitrogens with one attached hydrogen (secondary N) is 1. The van der Waals surface area contributed by atoms with Crippen LogP contribution >= 0.6 is 23.8 Å². The number of nitrogens with zero attached hydrogens (tertiary/aromatic N) is 3. The third kappa shape index (κ3) is 4.05. The Morgan fingerprint density at radius 3 is 2.51 bits per heavy atom. The van der Waals surface area contributed by atoms with Gasteiger partial charge in [-0.15, -0.1) is 0 Å². The molecule has 0 bridgehead atoms. The number of hydrogen-bond acceptors (Lipinski definition) is 3. The lowest BCUT2D eigenvalue weighted by molar-refractivity contribution is 0.412. The van der Waals surface area contributed by atoms with E-state index in [-0.39, 0.29) is 17.9 Å². The van der Waals surface area contributed by atoms with Gasteiger partial charge in [-0.25, -0.2) is 4.39 Å². The summed E-state index contributed by atoms with van der Waals surface area (Å²) in [7, 11) is 1.64. The number of benzene rings is 2.